The summed E-state index contributed by atoms with van der Waals surface area (Å²) in [6, 6.07) is 11.7. The first kappa shape index (κ1) is 21.6. The van der Waals surface area contributed by atoms with Gasteiger partial charge in [-0.2, -0.15) is 0 Å². The molecule has 2 aromatic carbocycles. The smallest absolute Gasteiger partial charge is 0.295 e. The van der Waals surface area contributed by atoms with E-state index in [1.54, 1.807) is 36.4 Å². The molecule has 0 bridgehead atoms. The van der Waals surface area contributed by atoms with Gasteiger partial charge in [0.2, 0.25) is 0 Å². The zero-order chi connectivity index (χ0) is 21.8. The first-order chi connectivity index (χ1) is 14.3. The van der Waals surface area contributed by atoms with Gasteiger partial charge in [0.25, 0.3) is 11.7 Å². The van der Waals surface area contributed by atoms with Crippen LogP contribution in [-0.4, -0.2) is 34.8 Å². The number of carbonyl (C=O) groups is 2. The third-order valence-electron chi connectivity index (χ3n) is 4.90. The molecule has 1 N–H and O–H groups in total. The minimum absolute atomic E-state index is 0.112. The maximum atomic E-state index is 14.6. The van der Waals surface area contributed by atoms with E-state index in [2.05, 4.69) is 0 Å². The van der Waals surface area contributed by atoms with Gasteiger partial charge in [-0.3, -0.25) is 9.59 Å². The molecule has 1 amide bonds. The number of nitrogens with zero attached hydrogens (tertiary/aromatic N) is 1. The highest BCUT2D eigenvalue weighted by Gasteiger charge is 2.46. The van der Waals surface area contributed by atoms with Crippen molar-refractivity contribution >= 4 is 17.4 Å². The Morgan fingerprint density at radius 1 is 1.17 bits per heavy atom. The van der Waals surface area contributed by atoms with Crippen LogP contribution in [0.15, 0.2) is 54.1 Å². The average molecular weight is 411 g/mol. The largest absolute Gasteiger partial charge is 0.507 e. The van der Waals surface area contributed by atoms with E-state index < -0.39 is 23.5 Å². The Hall–Kier alpha value is -3.15. The number of aliphatic hydroxyl groups is 1. The van der Waals surface area contributed by atoms with Crippen LogP contribution in [0.5, 0.6) is 5.75 Å². The van der Waals surface area contributed by atoms with Crippen LogP contribution in [0.2, 0.25) is 0 Å². The van der Waals surface area contributed by atoms with Gasteiger partial charge in [-0.1, -0.05) is 51.1 Å². The number of aliphatic hydroxyl groups excluding tert-OH is 1. The first-order valence-electron chi connectivity index (χ1n) is 10.1. The summed E-state index contributed by atoms with van der Waals surface area (Å²) in [5.74, 6) is -1.57. The number of rotatable bonds is 7. The highest BCUT2D eigenvalue weighted by atomic mass is 19.1. The van der Waals surface area contributed by atoms with Crippen molar-refractivity contribution in [1.29, 1.82) is 0 Å². The predicted octanol–water partition coefficient (Wildman–Crippen LogP) is 4.69. The molecule has 0 spiro atoms. The van der Waals surface area contributed by atoms with Gasteiger partial charge in [0.1, 0.15) is 17.3 Å². The molecule has 2 aromatic rings. The van der Waals surface area contributed by atoms with Crippen LogP contribution in [-0.2, 0) is 9.59 Å². The van der Waals surface area contributed by atoms with Crippen molar-refractivity contribution < 1.29 is 23.8 Å². The Bertz CT molecular complexity index is 983. The molecule has 5 nitrogen and oxygen atoms in total. The van der Waals surface area contributed by atoms with Gasteiger partial charge >= 0.3 is 0 Å². The van der Waals surface area contributed by atoms with Gasteiger partial charge in [-0.15, -0.1) is 0 Å². The number of halogens is 1. The Labute approximate surface area is 175 Å². The molecule has 0 saturated carbocycles. The van der Waals surface area contributed by atoms with Gasteiger partial charge in [0.15, 0.2) is 0 Å². The predicted molar refractivity (Wildman–Crippen MR) is 112 cm³/mol. The molecule has 0 aliphatic carbocycles. The number of hydrogen-bond acceptors (Lipinski definition) is 4. The second-order valence-corrected chi connectivity index (χ2v) is 7.75. The molecule has 158 valence electrons. The molecule has 1 atom stereocenters. The van der Waals surface area contributed by atoms with E-state index in [1.165, 1.54) is 17.0 Å². The minimum atomic E-state index is -0.980. The Kier molecular flexibility index (Phi) is 6.55. The molecule has 3 rings (SSSR count). The van der Waals surface area contributed by atoms with Crippen molar-refractivity contribution in [3.05, 3.63) is 71.0 Å². The van der Waals surface area contributed by atoms with Crippen molar-refractivity contribution in [2.24, 2.45) is 5.92 Å². The monoisotopic (exact) mass is 411 g/mol. The summed E-state index contributed by atoms with van der Waals surface area (Å²) in [6.45, 7) is 6.69. The van der Waals surface area contributed by atoms with Crippen LogP contribution in [0.25, 0.3) is 5.76 Å². The van der Waals surface area contributed by atoms with Crippen LogP contribution in [0.1, 0.15) is 44.4 Å². The number of ether oxygens (including phenoxy) is 1. The van der Waals surface area contributed by atoms with Gasteiger partial charge in [-0.25, -0.2) is 4.39 Å². The summed E-state index contributed by atoms with van der Waals surface area (Å²) in [6.07, 6.45) is 0.594. The molecule has 1 heterocycles. The first-order valence-corrected chi connectivity index (χ1v) is 10.1. The molecule has 6 heteroatoms. The topological polar surface area (TPSA) is 66.8 Å². The summed E-state index contributed by atoms with van der Waals surface area (Å²) in [7, 11) is 0. The maximum absolute atomic E-state index is 14.6. The lowest BCUT2D eigenvalue weighted by Crippen LogP contribution is -2.30. The summed E-state index contributed by atoms with van der Waals surface area (Å²) in [5.41, 5.74) is 0.408. The summed E-state index contributed by atoms with van der Waals surface area (Å²) in [5, 5.41) is 11.0. The number of benzene rings is 2. The lowest BCUT2D eigenvalue weighted by atomic mass is 9.95. The summed E-state index contributed by atoms with van der Waals surface area (Å²) < 4.78 is 20.3. The molecule has 1 fully saturated rings. The lowest BCUT2D eigenvalue weighted by molar-refractivity contribution is -0.139. The molecule has 0 radical (unpaired) electrons. The van der Waals surface area contributed by atoms with Crippen molar-refractivity contribution in [3.63, 3.8) is 0 Å². The second-order valence-electron chi connectivity index (χ2n) is 7.75. The Morgan fingerprint density at radius 3 is 2.57 bits per heavy atom. The van der Waals surface area contributed by atoms with E-state index in [-0.39, 0.29) is 23.4 Å². The number of likely N-dealkylation sites (tertiary alicyclic amines) is 1. The quantitative estimate of drug-likeness (QED) is 0.408. The molecular formula is C24H26FNO4. The van der Waals surface area contributed by atoms with E-state index in [0.717, 1.165) is 0 Å². The summed E-state index contributed by atoms with van der Waals surface area (Å²) >= 11 is 0. The lowest BCUT2D eigenvalue weighted by Gasteiger charge is -2.25. The molecule has 0 aromatic heterocycles. The van der Waals surface area contributed by atoms with E-state index >= 15 is 0 Å². The van der Waals surface area contributed by atoms with Crippen LogP contribution < -0.4 is 4.74 Å². The number of amides is 1. The minimum Gasteiger partial charge on any atom is -0.507 e. The Balaban J connectivity index is 2.11. The van der Waals surface area contributed by atoms with Crippen LogP contribution in [0.4, 0.5) is 4.39 Å². The summed E-state index contributed by atoms with van der Waals surface area (Å²) in [4.78, 5) is 26.8. The normalized spacial score (nSPS) is 18.3. The molecule has 1 aliphatic rings. The molecular weight excluding hydrogens is 385 g/mol. The van der Waals surface area contributed by atoms with Gasteiger partial charge in [0, 0.05) is 17.7 Å². The third kappa shape index (κ3) is 4.22. The van der Waals surface area contributed by atoms with Crippen molar-refractivity contribution in [1.82, 2.24) is 4.90 Å². The fraction of sp³-hybridized carbons (Fsp3) is 0.333. The zero-order valence-electron chi connectivity index (χ0n) is 17.4. The molecule has 1 aliphatic heterocycles. The van der Waals surface area contributed by atoms with Gasteiger partial charge in [0.05, 0.1) is 18.2 Å². The Morgan fingerprint density at radius 2 is 1.90 bits per heavy atom. The van der Waals surface area contributed by atoms with E-state index in [9.17, 15) is 19.1 Å². The van der Waals surface area contributed by atoms with E-state index in [0.29, 0.717) is 30.3 Å². The van der Waals surface area contributed by atoms with Crippen molar-refractivity contribution in [3.8, 4) is 5.75 Å². The average Bonchev–Trinajstić information content (AvgIpc) is 2.97. The number of hydrogen-bond donors (Lipinski definition) is 1. The molecule has 30 heavy (non-hydrogen) atoms. The highest BCUT2D eigenvalue weighted by Crippen LogP contribution is 2.40. The second kappa shape index (κ2) is 9.11. The van der Waals surface area contributed by atoms with E-state index in [1.807, 2.05) is 20.8 Å². The number of carbonyl (C=O) groups excluding carboxylic acids is 2. The van der Waals surface area contributed by atoms with Crippen molar-refractivity contribution in [2.45, 2.75) is 33.2 Å². The van der Waals surface area contributed by atoms with Crippen LogP contribution in [0.3, 0.4) is 0 Å². The molecule has 1 unspecified atom stereocenters. The van der Waals surface area contributed by atoms with Crippen LogP contribution in [0, 0.1) is 11.7 Å². The fourth-order valence-electron chi connectivity index (χ4n) is 3.52. The van der Waals surface area contributed by atoms with Gasteiger partial charge < -0.3 is 14.7 Å². The van der Waals surface area contributed by atoms with E-state index in [4.69, 9.17) is 4.74 Å². The highest BCUT2D eigenvalue weighted by molar-refractivity contribution is 6.46. The SMILES string of the molecule is CCCN1C(=O)C(=O)/C(=C(\O)c2cccc(OCC(C)C)c2)C1c1ccccc1F. The maximum Gasteiger partial charge on any atom is 0.295 e. The third-order valence-corrected chi connectivity index (χ3v) is 4.90. The zero-order valence-corrected chi connectivity index (χ0v) is 17.4. The number of Topliss-reactive ketones (excluding diaryl/α,β-unsaturated/α-hetero) is 1. The van der Waals surface area contributed by atoms with Gasteiger partial charge in [-0.05, 0) is 30.5 Å². The van der Waals surface area contributed by atoms with Crippen molar-refractivity contribution in [2.75, 3.05) is 13.2 Å². The standard InChI is InChI=1S/C24H26FNO4/c1-4-12-26-21(18-10-5-6-11-19(18)25)20(23(28)24(26)29)22(27)16-8-7-9-17(13-16)30-14-15(2)3/h5-11,13,15,21,27H,4,12,14H2,1-3H3/b22-20-. The van der Waals surface area contributed by atoms with Crippen LogP contribution >= 0.6 is 0 Å². The number of ketones is 1. The fourth-order valence-corrected chi connectivity index (χ4v) is 3.52. The molecule has 1 saturated heterocycles.